The second-order valence-electron chi connectivity index (χ2n) is 6.52. The van der Waals surface area contributed by atoms with Crippen molar-refractivity contribution in [2.45, 2.75) is 23.5 Å². The summed E-state index contributed by atoms with van der Waals surface area (Å²) >= 11 is 1.36. The summed E-state index contributed by atoms with van der Waals surface area (Å²) in [5, 5.41) is 0.917. The first kappa shape index (κ1) is 18.3. The molecule has 0 bridgehead atoms. The molecule has 0 aromatic carbocycles. The van der Waals surface area contributed by atoms with Crippen molar-refractivity contribution >= 4 is 38.0 Å². The number of nitrogen functional groups attached to an aromatic ring is 1. The van der Waals surface area contributed by atoms with Crippen molar-refractivity contribution in [2.24, 2.45) is 7.05 Å². The van der Waals surface area contributed by atoms with Crippen molar-refractivity contribution < 1.29 is 8.95 Å². The molecule has 1 aliphatic carbocycles. The highest BCUT2D eigenvalue weighted by Crippen LogP contribution is 2.43. The third kappa shape index (κ3) is 3.09. The van der Waals surface area contributed by atoms with Gasteiger partial charge in [0.25, 0.3) is 5.56 Å². The van der Waals surface area contributed by atoms with Crippen LogP contribution in [-0.2, 0) is 35.4 Å². The van der Waals surface area contributed by atoms with Gasteiger partial charge in [0.15, 0.2) is 0 Å². The third-order valence-corrected chi connectivity index (χ3v) is 7.68. The van der Waals surface area contributed by atoms with Crippen molar-refractivity contribution in [3.05, 3.63) is 33.9 Å². The summed E-state index contributed by atoms with van der Waals surface area (Å²) in [4.78, 5) is 22.0. The van der Waals surface area contributed by atoms with E-state index in [0.29, 0.717) is 28.0 Å². The van der Waals surface area contributed by atoms with E-state index in [1.807, 2.05) is 0 Å². The maximum atomic E-state index is 12.6. The van der Waals surface area contributed by atoms with Gasteiger partial charge < -0.3 is 15.0 Å². The minimum Gasteiger partial charge on any atom is -0.396 e. The monoisotopic (exact) mass is 404 g/mol. The van der Waals surface area contributed by atoms with E-state index in [1.54, 1.807) is 14.2 Å². The highest BCUT2D eigenvalue weighted by molar-refractivity contribution is 7.87. The summed E-state index contributed by atoms with van der Waals surface area (Å²) in [6.45, 7) is 0.411. The topological polar surface area (TPSA) is 100 Å². The quantitative estimate of drug-likeness (QED) is 0.697. The molecule has 1 unspecified atom stereocenters. The van der Waals surface area contributed by atoms with Crippen LogP contribution in [0.1, 0.15) is 17.5 Å². The van der Waals surface area contributed by atoms with Crippen LogP contribution in [0.3, 0.4) is 0 Å². The zero-order valence-corrected chi connectivity index (χ0v) is 16.8. The fourth-order valence-corrected chi connectivity index (χ4v) is 6.02. The summed E-state index contributed by atoms with van der Waals surface area (Å²) in [6.07, 6.45) is 4.30. The Kier molecular flexibility index (Phi) is 4.83. The molecule has 0 amide bonds. The third-order valence-electron chi connectivity index (χ3n) is 4.81. The van der Waals surface area contributed by atoms with Gasteiger partial charge in [-0.05, 0) is 30.4 Å². The molecule has 3 heterocycles. The Hall–Kier alpha value is -2.10. The van der Waals surface area contributed by atoms with Crippen molar-refractivity contribution in [2.75, 3.05) is 25.2 Å². The fourth-order valence-electron chi connectivity index (χ4n) is 3.46. The van der Waals surface area contributed by atoms with Crippen molar-refractivity contribution in [1.82, 2.24) is 14.5 Å². The van der Waals surface area contributed by atoms with E-state index in [1.165, 1.54) is 28.3 Å². The molecular weight excluding hydrogens is 384 g/mol. The predicted molar refractivity (Wildman–Crippen MR) is 108 cm³/mol. The van der Waals surface area contributed by atoms with Crippen LogP contribution in [0.2, 0.25) is 0 Å². The van der Waals surface area contributed by atoms with Gasteiger partial charge in [0.2, 0.25) is 0 Å². The summed E-state index contributed by atoms with van der Waals surface area (Å²) in [6, 6.07) is 1.52. The molecular formula is C18H20N4O3S2. The number of fused-ring (bicyclic) bond motifs is 3. The summed E-state index contributed by atoms with van der Waals surface area (Å²) < 4.78 is 19.7. The maximum Gasteiger partial charge on any atom is 0.253 e. The Bertz CT molecular complexity index is 1120. The number of ether oxygens (including phenoxy) is 1. The number of rotatable bonds is 5. The lowest BCUT2D eigenvalue weighted by atomic mass is 10.0. The fraction of sp³-hybridized carbons (Fsp3) is 0.389. The zero-order chi connectivity index (χ0) is 19.1. The molecule has 0 aliphatic heterocycles. The lowest BCUT2D eigenvalue weighted by molar-refractivity contribution is 0.218. The van der Waals surface area contributed by atoms with Crippen LogP contribution in [0.25, 0.3) is 21.6 Å². The lowest BCUT2D eigenvalue weighted by Crippen LogP contribution is -2.16. The molecule has 0 fully saturated rings. The van der Waals surface area contributed by atoms with Gasteiger partial charge in [-0.3, -0.25) is 9.00 Å². The van der Waals surface area contributed by atoms with Crippen LogP contribution in [-0.4, -0.2) is 38.2 Å². The first-order valence-electron chi connectivity index (χ1n) is 8.65. The van der Waals surface area contributed by atoms with Crippen molar-refractivity contribution in [1.29, 1.82) is 0 Å². The minimum atomic E-state index is -1.22. The first-order chi connectivity index (χ1) is 13.0. The van der Waals surface area contributed by atoms with E-state index in [-0.39, 0.29) is 5.56 Å². The van der Waals surface area contributed by atoms with Gasteiger partial charge in [-0.1, -0.05) is 0 Å². The Labute approximate surface area is 162 Å². The standard InChI is InChI=1S/C18H20N4O3S2/c1-22-9-20-12(8-13(22)23)16-11-5-3-4-10(11)14-15(19)18(26-17(14)21-16)27(24)7-6-25-2/h8-9H,3-7,19H2,1-2H3. The van der Waals surface area contributed by atoms with Crippen molar-refractivity contribution in [3.63, 3.8) is 0 Å². The minimum absolute atomic E-state index is 0.124. The average molecular weight is 405 g/mol. The Morgan fingerprint density at radius 1 is 1.37 bits per heavy atom. The second-order valence-corrected chi connectivity index (χ2v) is 9.29. The summed E-state index contributed by atoms with van der Waals surface area (Å²) in [5.74, 6) is 0.402. The summed E-state index contributed by atoms with van der Waals surface area (Å²) in [5.41, 5.74) is 10.4. The van der Waals surface area contributed by atoms with E-state index in [4.69, 9.17) is 15.5 Å². The van der Waals surface area contributed by atoms with Gasteiger partial charge in [0.1, 0.15) is 9.04 Å². The van der Waals surface area contributed by atoms with E-state index in [9.17, 15) is 9.00 Å². The van der Waals surface area contributed by atoms with Crippen LogP contribution in [0.5, 0.6) is 0 Å². The number of thiophene rings is 1. The van der Waals surface area contributed by atoms with Gasteiger partial charge in [0, 0.05) is 25.6 Å². The smallest absolute Gasteiger partial charge is 0.253 e. The van der Waals surface area contributed by atoms with Gasteiger partial charge in [0.05, 0.1) is 46.6 Å². The van der Waals surface area contributed by atoms with E-state index < -0.39 is 10.8 Å². The number of nitrogens with two attached hydrogens (primary N) is 1. The van der Waals surface area contributed by atoms with Crippen LogP contribution < -0.4 is 11.3 Å². The number of anilines is 1. The maximum absolute atomic E-state index is 12.6. The highest BCUT2D eigenvalue weighted by Gasteiger charge is 2.26. The van der Waals surface area contributed by atoms with Gasteiger partial charge in [-0.25, -0.2) is 9.97 Å². The molecule has 0 spiro atoms. The lowest BCUT2D eigenvalue weighted by Gasteiger charge is -2.09. The molecule has 0 radical (unpaired) electrons. The highest BCUT2D eigenvalue weighted by atomic mass is 32.2. The number of hydrogen-bond donors (Lipinski definition) is 1. The normalized spacial score (nSPS) is 14.6. The number of methoxy groups -OCH3 is 1. The van der Waals surface area contributed by atoms with E-state index in [0.717, 1.165) is 46.3 Å². The number of nitrogens with zero attached hydrogens (tertiary/aromatic N) is 3. The number of aromatic nitrogens is 3. The van der Waals surface area contributed by atoms with Crippen molar-refractivity contribution in [3.8, 4) is 11.4 Å². The Morgan fingerprint density at radius 2 is 2.15 bits per heavy atom. The van der Waals surface area contributed by atoms with Crippen LogP contribution in [0, 0.1) is 0 Å². The van der Waals surface area contributed by atoms with Gasteiger partial charge in [-0.15, -0.1) is 11.3 Å². The molecule has 142 valence electrons. The predicted octanol–water partition coefficient (Wildman–Crippen LogP) is 1.88. The average Bonchev–Trinajstić information content (AvgIpc) is 3.26. The first-order valence-corrected chi connectivity index (χ1v) is 10.8. The zero-order valence-electron chi connectivity index (χ0n) is 15.2. The molecule has 0 saturated heterocycles. The molecule has 1 aliphatic rings. The molecule has 2 N–H and O–H groups in total. The number of hydrogen-bond acceptors (Lipinski definition) is 7. The largest absolute Gasteiger partial charge is 0.396 e. The molecule has 1 atom stereocenters. The molecule has 3 aromatic rings. The molecule has 3 aromatic heterocycles. The number of aryl methyl sites for hydroxylation is 2. The SMILES string of the molecule is COCCS(=O)c1sc2nc(-c3cc(=O)n(C)cn3)c3c(c2c1N)CCC3. The van der Waals surface area contributed by atoms with E-state index >= 15 is 0 Å². The van der Waals surface area contributed by atoms with Crippen LogP contribution >= 0.6 is 11.3 Å². The van der Waals surface area contributed by atoms with Gasteiger partial charge >= 0.3 is 0 Å². The summed E-state index contributed by atoms with van der Waals surface area (Å²) in [7, 11) is 2.03. The Balaban J connectivity index is 1.91. The van der Waals surface area contributed by atoms with Crippen LogP contribution in [0.4, 0.5) is 5.69 Å². The second kappa shape index (κ2) is 7.14. The molecule has 0 saturated carbocycles. The molecule has 7 nitrogen and oxygen atoms in total. The molecule has 9 heteroatoms. The van der Waals surface area contributed by atoms with Gasteiger partial charge in [-0.2, -0.15) is 0 Å². The number of pyridine rings is 1. The van der Waals surface area contributed by atoms with Crippen LogP contribution in [0.15, 0.2) is 21.4 Å². The van der Waals surface area contributed by atoms with E-state index in [2.05, 4.69) is 4.98 Å². The molecule has 27 heavy (non-hydrogen) atoms. The Morgan fingerprint density at radius 3 is 2.89 bits per heavy atom. The molecule has 4 rings (SSSR count).